The van der Waals surface area contributed by atoms with Crippen molar-refractivity contribution in [2.45, 2.75) is 33.1 Å². The standard InChI is InChI=1S/C25H28N6O4.C25H28N6O3.C24H27N5O2/c1-30-15-17(13-28-30)24-14-27-22-6-5-18(11-23(22)29-24)31(16-25(32)26-7-8-33-2)19-9-20(34-3)12-21(10-19)35-4;1-5-8-26-25(32)16-31(19-9-20(33-3)12-21(10-19)34-4)18-6-7-22-23(11-18)29-24(14-27-22)17-13-28-30(2)15-17;1-5-6-9-29(19-10-20(30-3)13-21(11-19)31-4)18-7-8-22-23(12-18)27-24(15-25-22)17-14-26-28(2)16-17/h5-6,9-15H,7-8,16H2,1-4H3,(H,26,32);6-7,9-15H,5,8,16H2,1-4H3,(H,26,32);7-8,10-16H,5-6,9H2,1-4H3. The number of carbonyl (C=O) groups is 2. The van der Waals surface area contributed by atoms with Gasteiger partial charge in [0.25, 0.3) is 0 Å². The van der Waals surface area contributed by atoms with Crippen molar-refractivity contribution in [1.29, 1.82) is 0 Å². The van der Waals surface area contributed by atoms with Gasteiger partial charge in [0, 0.05) is 172 Å². The topological polar surface area (TPSA) is 263 Å². The second-order valence-electron chi connectivity index (χ2n) is 23.1. The molecule has 0 aliphatic rings. The molecule has 26 nitrogen and oxygen atoms in total. The number of fused-ring (bicyclic) bond motifs is 3. The fraction of sp³-hybridized carbons (Fsp3) is 0.284. The van der Waals surface area contributed by atoms with Crippen LogP contribution in [0.2, 0.25) is 0 Å². The maximum absolute atomic E-state index is 12.8. The Labute approximate surface area is 580 Å². The van der Waals surface area contributed by atoms with Crippen molar-refractivity contribution >= 4 is 79.0 Å². The van der Waals surface area contributed by atoms with Gasteiger partial charge in [0.2, 0.25) is 11.8 Å². The number of carbonyl (C=O) groups excluding carboxylic acids is 2. The van der Waals surface area contributed by atoms with E-state index in [9.17, 15) is 9.59 Å². The van der Waals surface area contributed by atoms with Crippen molar-refractivity contribution in [3.8, 4) is 68.3 Å². The van der Waals surface area contributed by atoms with Gasteiger partial charge in [-0.05, 0) is 67.4 Å². The number of rotatable bonds is 27. The number of anilines is 6. The van der Waals surface area contributed by atoms with Crippen molar-refractivity contribution in [3.63, 3.8) is 0 Å². The lowest BCUT2D eigenvalue weighted by Crippen LogP contribution is -2.36. The van der Waals surface area contributed by atoms with E-state index in [1.807, 2.05) is 141 Å². The third kappa shape index (κ3) is 18.0. The monoisotopic (exact) mass is 1350 g/mol. The zero-order valence-corrected chi connectivity index (χ0v) is 58.3. The van der Waals surface area contributed by atoms with E-state index < -0.39 is 0 Å². The minimum atomic E-state index is -0.154. The summed E-state index contributed by atoms with van der Waals surface area (Å²) in [6, 6.07) is 34.6. The van der Waals surface area contributed by atoms with Gasteiger partial charge in [-0.25, -0.2) is 15.0 Å². The summed E-state index contributed by atoms with van der Waals surface area (Å²) in [5, 5.41) is 18.5. The molecule has 0 fully saturated rings. The molecule has 0 aliphatic carbocycles. The molecule has 0 aliphatic heterocycles. The summed E-state index contributed by atoms with van der Waals surface area (Å²) in [6.07, 6.45) is 19.3. The van der Waals surface area contributed by atoms with Crippen LogP contribution < -0.4 is 53.8 Å². The quantitative estimate of drug-likeness (QED) is 0.0453. The molecule has 12 rings (SSSR count). The number of amides is 2. The number of ether oxygens (including phenoxy) is 7. The summed E-state index contributed by atoms with van der Waals surface area (Å²) in [6.45, 7) is 6.74. The third-order valence-corrected chi connectivity index (χ3v) is 16.0. The first kappa shape index (κ1) is 70.9. The van der Waals surface area contributed by atoms with Crippen LogP contribution in [0.25, 0.3) is 66.9 Å². The summed E-state index contributed by atoms with van der Waals surface area (Å²) in [5.74, 6) is 3.77. The summed E-state index contributed by atoms with van der Waals surface area (Å²) >= 11 is 0. The Morgan fingerprint density at radius 2 is 0.720 bits per heavy atom. The molecule has 0 saturated carbocycles. The lowest BCUT2D eigenvalue weighted by atomic mass is 10.1. The molecule has 6 aromatic heterocycles. The number of aryl methyl sites for hydroxylation is 3. The molecule has 0 saturated heterocycles. The molecule has 100 heavy (non-hydrogen) atoms. The molecule has 0 spiro atoms. The van der Waals surface area contributed by atoms with Gasteiger partial charge in [-0.15, -0.1) is 0 Å². The molecule has 12 aromatic rings. The zero-order chi connectivity index (χ0) is 70.7. The molecular weight excluding hydrogens is 1270 g/mol. The normalized spacial score (nSPS) is 10.9. The highest BCUT2D eigenvalue weighted by atomic mass is 16.5. The number of benzene rings is 6. The Kier molecular flexibility index (Phi) is 24.0. The Morgan fingerprint density at radius 3 is 1.02 bits per heavy atom. The van der Waals surface area contributed by atoms with E-state index in [0.29, 0.717) is 53.7 Å². The van der Waals surface area contributed by atoms with Crippen LogP contribution >= 0.6 is 0 Å². The van der Waals surface area contributed by atoms with Gasteiger partial charge < -0.3 is 58.5 Å². The van der Waals surface area contributed by atoms with Crippen molar-refractivity contribution in [3.05, 3.63) is 165 Å². The molecule has 6 heterocycles. The highest BCUT2D eigenvalue weighted by Crippen LogP contribution is 2.38. The highest BCUT2D eigenvalue weighted by Gasteiger charge is 2.21. The van der Waals surface area contributed by atoms with Crippen LogP contribution in [0.15, 0.2) is 165 Å². The van der Waals surface area contributed by atoms with Crippen LogP contribution in [0.5, 0.6) is 34.5 Å². The first-order valence-corrected chi connectivity index (χ1v) is 32.4. The molecule has 0 radical (unpaired) electrons. The largest absolute Gasteiger partial charge is 0.497 e. The summed E-state index contributed by atoms with van der Waals surface area (Å²) < 4.78 is 43.0. The highest BCUT2D eigenvalue weighted by molar-refractivity contribution is 5.90. The zero-order valence-electron chi connectivity index (χ0n) is 58.3. The molecule has 0 atom stereocenters. The maximum Gasteiger partial charge on any atom is 0.240 e. The average Bonchev–Trinajstić information content (AvgIpc) is 1.01. The Hall–Kier alpha value is -11.9. The van der Waals surface area contributed by atoms with Crippen molar-refractivity contribution in [2.75, 3.05) is 104 Å². The number of hydrogen-bond donors (Lipinski definition) is 2. The summed E-state index contributed by atoms with van der Waals surface area (Å²) in [4.78, 5) is 59.7. The number of methoxy groups -OCH3 is 7. The number of hydrogen-bond acceptors (Lipinski definition) is 21. The Balaban J connectivity index is 0.000000162. The average molecular weight is 1350 g/mol. The van der Waals surface area contributed by atoms with Crippen molar-refractivity contribution < 1.29 is 42.7 Å². The molecule has 0 unspecified atom stereocenters. The third-order valence-electron chi connectivity index (χ3n) is 16.0. The van der Waals surface area contributed by atoms with Crippen molar-refractivity contribution in [1.82, 2.24) is 69.9 Å². The van der Waals surface area contributed by atoms with E-state index in [-0.39, 0.29) is 24.9 Å². The molecule has 2 amide bonds. The predicted octanol–water partition coefficient (Wildman–Crippen LogP) is 11.6. The molecule has 26 heteroatoms. The minimum Gasteiger partial charge on any atom is -0.497 e. The molecule has 6 aromatic carbocycles. The lowest BCUT2D eigenvalue weighted by molar-refractivity contribution is -0.120. The van der Waals surface area contributed by atoms with E-state index >= 15 is 0 Å². The first-order chi connectivity index (χ1) is 48.6. The molecule has 518 valence electrons. The summed E-state index contributed by atoms with van der Waals surface area (Å²) in [5.41, 5.74) is 14.7. The van der Waals surface area contributed by atoms with Crippen LogP contribution in [0, 0.1) is 0 Å². The predicted molar refractivity (Wildman–Crippen MR) is 388 cm³/mol. The second kappa shape index (κ2) is 33.8. The summed E-state index contributed by atoms with van der Waals surface area (Å²) in [7, 11) is 16.9. The van der Waals surface area contributed by atoms with Crippen LogP contribution in [-0.4, -0.2) is 160 Å². The first-order valence-electron chi connectivity index (χ1n) is 32.4. The number of nitrogens with zero attached hydrogens (tertiary/aromatic N) is 15. The Morgan fingerprint density at radius 1 is 0.390 bits per heavy atom. The van der Waals surface area contributed by atoms with Crippen LogP contribution in [0.3, 0.4) is 0 Å². The molecular formula is C74H83N17O9. The van der Waals surface area contributed by atoms with Crippen LogP contribution in [-0.2, 0) is 35.5 Å². The number of aromatic nitrogens is 12. The fourth-order valence-corrected chi connectivity index (χ4v) is 10.8. The van der Waals surface area contributed by atoms with Gasteiger partial charge in [-0.2, -0.15) is 15.3 Å². The number of nitrogens with one attached hydrogen (secondary N) is 2. The Bertz CT molecular complexity index is 4680. The molecule has 0 bridgehead atoms. The lowest BCUT2D eigenvalue weighted by Gasteiger charge is -2.26. The van der Waals surface area contributed by atoms with E-state index in [0.717, 1.165) is 127 Å². The van der Waals surface area contributed by atoms with Gasteiger partial charge in [-0.1, -0.05) is 20.3 Å². The van der Waals surface area contributed by atoms with E-state index in [1.54, 1.807) is 113 Å². The van der Waals surface area contributed by atoms with Crippen molar-refractivity contribution in [2.24, 2.45) is 21.1 Å². The van der Waals surface area contributed by atoms with E-state index in [2.05, 4.69) is 64.8 Å². The van der Waals surface area contributed by atoms with Crippen LogP contribution in [0.4, 0.5) is 34.1 Å². The van der Waals surface area contributed by atoms with E-state index in [1.165, 1.54) is 0 Å². The van der Waals surface area contributed by atoms with E-state index in [4.69, 9.17) is 48.1 Å². The van der Waals surface area contributed by atoms with Gasteiger partial charge >= 0.3 is 0 Å². The fourth-order valence-electron chi connectivity index (χ4n) is 10.8. The van der Waals surface area contributed by atoms with Gasteiger partial charge in [0.15, 0.2) is 0 Å². The van der Waals surface area contributed by atoms with Gasteiger partial charge in [-0.3, -0.25) is 38.6 Å². The van der Waals surface area contributed by atoms with Gasteiger partial charge in [0.1, 0.15) is 47.6 Å². The maximum atomic E-state index is 12.8. The second-order valence-corrected chi connectivity index (χ2v) is 23.1. The van der Waals surface area contributed by atoms with Crippen LogP contribution in [0.1, 0.15) is 33.1 Å². The van der Waals surface area contributed by atoms with Gasteiger partial charge in [0.05, 0.1) is 137 Å². The SMILES string of the molecule is CCCCN(c1cc(OC)cc(OC)c1)c1ccc2ncc(-c3cnn(C)c3)nc2c1.CCCNC(=O)CN(c1cc(OC)cc(OC)c1)c1ccc2ncc(-c3cnn(C)c3)nc2c1.COCCNC(=O)CN(c1cc(OC)cc(OC)c1)c1ccc2ncc(-c3cnn(C)c3)nc2c1. The molecule has 2 N–H and O–H groups in total. The number of unbranched alkanes of at least 4 members (excludes halogenated alkanes) is 1. The minimum absolute atomic E-state index is 0.0707. The smallest absolute Gasteiger partial charge is 0.240 e.